The molecule has 1 aromatic carbocycles. The number of nitrogens with one attached hydrogen (secondary N) is 2. The van der Waals surface area contributed by atoms with E-state index >= 15 is 0 Å². The van der Waals surface area contributed by atoms with Gasteiger partial charge in [-0.25, -0.2) is 13.2 Å². The molecule has 204 valence electrons. The van der Waals surface area contributed by atoms with Gasteiger partial charge in [-0.05, 0) is 49.4 Å². The fraction of sp³-hybridized carbons (Fsp3) is 0.393. The molecule has 1 aromatic rings. The molecule has 3 aliphatic rings. The first-order valence-corrected chi connectivity index (χ1v) is 13.7. The van der Waals surface area contributed by atoms with Gasteiger partial charge in [0.05, 0.1) is 18.3 Å². The maximum Gasteiger partial charge on any atom is 0.242 e. The number of halogens is 4. The number of fused-ring (bicyclic) bond motifs is 1. The molecular formula is C28H32ClF3N4OS. The summed E-state index contributed by atoms with van der Waals surface area (Å²) in [5.41, 5.74) is 1.83. The van der Waals surface area contributed by atoms with Gasteiger partial charge in [-0.2, -0.15) is 0 Å². The quantitative estimate of drug-likeness (QED) is 0.313. The van der Waals surface area contributed by atoms with Crippen LogP contribution in [0.15, 0.2) is 75.6 Å². The van der Waals surface area contributed by atoms with Gasteiger partial charge in [0.2, 0.25) is 12.3 Å². The van der Waals surface area contributed by atoms with Crippen molar-refractivity contribution in [1.29, 1.82) is 5.41 Å². The summed E-state index contributed by atoms with van der Waals surface area (Å²) < 4.78 is 37.0. The minimum absolute atomic E-state index is 0.0660. The molecule has 5 nitrogen and oxygen atoms in total. The molecule has 1 atom stereocenters. The maximum atomic E-state index is 12.4. The summed E-state index contributed by atoms with van der Waals surface area (Å²) in [5, 5.41) is 13.9. The Bertz CT molecular complexity index is 1140. The lowest BCUT2D eigenvalue weighted by atomic mass is 9.84. The van der Waals surface area contributed by atoms with E-state index in [1.54, 1.807) is 12.1 Å². The third-order valence-electron chi connectivity index (χ3n) is 6.29. The molecule has 0 bridgehead atoms. The minimum atomic E-state index is -2.43. The summed E-state index contributed by atoms with van der Waals surface area (Å²) in [6.07, 6.45) is 5.47. The fourth-order valence-electron chi connectivity index (χ4n) is 4.19. The zero-order valence-corrected chi connectivity index (χ0v) is 22.8. The Morgan fingerprint density at radius 2 is 2.16 bits per heavy atom. The molecule has 1 amide bonds. The van der Waals surface area contributed by atoms with E-state index < -0.39 is 6.43 Å². The van der Waals surface area contributed by atoms with Crippen molar-refractivity contribution in [3.8, 4) is 0 Å². The predicted octanol–water partition coefficient (Wildman–Crippen LogP) is 7.13. The highest BCUT2D eigenvalue weighted by Crippen LogP contribution is 2.34. The number of amides is 1. The predicted molar refractivity (Wildman–Crippen MR) is 150 cm³/mol. The molecule has 0 radical (unpaired) electrons. The van der Waals surface area contributed by atoms with Crippen LogP contribution in [0.4, 0.5) is 13.2 Å². The Kier molecular flexibility index (Phi) is 11.3. The molecule has 2 fully saturated rings. The monoisotopic (exact) mass is 564 g/mol. The molecule has 4 rings (SSSR count). The van der Waals surface area contributed by atoms with Gasteiger partial charge in [0.25, 0.3) is 0 Å². The van der Waals surface area contributed by atoms with Crippen LogP contribution in [-0.4, -0.2) is 47.9 Å². The second kappa shape index (κ2) is 14.4. The van der Waals surface area contributed by atoms with Gasteiger partial charge in [0.1, 0.15) is 11.7 Å². The molecule has 1 saturated carbocycles. The molecule has 10 heteroatoms. The van der Waals surface area contributed by atoms with Crippen molar-refractivity contribution in [2.45, 2.75) is 51.5 Å². The van der Waals surface area contributed by atoms with Crippen LogP contribution in [0.5, 0.6) is 0 Å². The van der Waals surface area contributed by atoms with Gasteiger partial charge in [-0.3, -0.25) is 9.79 Å². The van der Waals surface area contributed by atoms with E-state index in [2.05, 4.69) is 16.9 Å². The van der Waals surface area contributed by atoms with Gasteiger partial charge in [-0.1, -0.05) is 54.6 Å². The molecule has 1 unspecified atom stereocenters. The lowest BCUT2D eigenvalue weighted by molar-refractivity contribution is -0.128. The van der Waals surface area contributed by atoms with Gasteiger partial charge < -0.3 is 15.6 Å². The fourth-order valence-corrected chi connectivity index (χ4v) is 4.94. The van der Waals surface area contributed by atoms with E-state index in [1.165, 1.54) is 36.0 Å². The van der Waals surface area contributed by atoms with Gasteiger partial charge >= 0.3 is 0 Å². The average molecular weight is 565 g/mol. The normalized spacial score (nSPS) is 19.3. The van der Waals surface area contributed by atoms with Gasteiger partial charge in [0, 0.05) is 46.5 Å². The number of carbonyl (C=O) groups excluding carboxylic acids is 1. The van der Waals surface area contributed by atoms with E-state index in [0.29, 0.717) is 30.1 Å². The highest BCUT2D eigenvalue weighted by molar-refractivity contribution is 8.06. The van der Waals surface area contributed by atoms with Crippen LogP contribution in [0.3, 0.4) is 0 Å². The summed E-state index contributed by atoms with van der Waals surface area (Å²) in [7, 11) is 0. The Morgan fingerprint density at radius 3 is 2.74 bits per heavy atom. The van der Waals surface area contributed by atoms with Crippen molar-refractivity contribution < 1.29 is 18.0 Å². The molecule has 1 aliphatic carbocycles. The Hall–Kier alpha value is -2.78. The third-order valence-corrected chi connectivity index (χ3v) is 7.40. The number of aliphatic imine (C=N–C) groups is 1. The Morgan fingerprint density at radius 1 is 1.39 bits per heavy atom. The summed E-state index contributed by atoms with van der Waals surface area (Å²) >= 11 is 6.89. The van der Waals surface area contributed by atoms with Crippen molar-refractivity contribution in [1.82, 2.24) is 10.2 Å². The number of benzene rings is 1. The Labute approximate surface area is 231 Å². The molecule has 0 spiro atoms. The van der Waals surface area contributed by atoms with Crippen LogP contribution in [0.25, 0.3) is 0 Å². The largest absolute Gasteiger partial charge is 0.351 e. The van der Waals surface area contributed by atoms with E-state index in [4.69, 9.17) is 17.0 Å². The highest BCUT2D eigenvalue weighted by Gasteiger charge is 2.37. The van der Waals surface area contributed by atoms with Crippen LogP contribution in [0, 0.1) is 17.1 Å². The summed E-state index contributed by atoms with van der Waals surface area (Å²) in [5.74, 6) is 0.667. The van der Waals surface area contributed by atoms with E-state index in [0.717, 1.165) is 35.7 Å². The first kappa shape index (κ1) is 29.8. The number of amidine groups is 1. The lowest BCUT2D eigenvalue weighted by Crippen LogP contribution is -2.43. The average Bonchev–Trinajstić information content (AvgIpc) is 3.24. The number of thioether (sulfide) groups is 1. The van der Waals surface area contributed by atoms with Crippen molar-refractivity contribution in [2.75, 3.05) is 13.1 Å². The summed E-state index contributed by atoms with van der Waals surface area (Å²) in [4.78, 5) is 19.9. The zero-order valence-electron chi connectivity index (χ0n) is 21.2. The minimum Gasteiger partial charge on any atom is -0.351 e. The summed E-state index contributed by atoms with van der Waals surface area (Å²) in [6, 6.07) is 5.75. The van der Waals surface area contributed by atoms with Crippen molar-refractivity contribution in [3.05, 3.63) is 81.5 Å². The van der Waals surface area contributed by atoms with Crippen molar-refractivity contribution in [3.63, 3.8) is 0 Å². The second-order valence-electron chi connectivity index (χ2n) is 9.11. The molecule has 2 heterocycles. The van der Waals surface area contributed by atoms with E-state index in [9.17, 15) is 18.0 Å². The number of rotatable bonds is 9. The number of nitrogens with zero attached hydrogens (tertiary/aromatic N) is 2. The molecule has 38 heavy (non-hydrogen) atoms. The lowest BCUT2D eigenvalue weighted by Gasteiger charge is -2.29. The SMILES string of the molecule is C=C(S/C=C\C)C1=NCC(C(=N)/C=C\CC(F)F)=C2CC(NC(=O)C3CCC3)CN12.Fc1cccc(Cl)c1. The number of allylic oxidation sites excluding steroid dienone is 3. The number of hydrogen-bond donors (Lipinski definition) is 2. The summed E-state index contributed by atoms with van der Waals surface area (Å²) in [6.45, 7) is 6.93. The molecule has 0 aromatic heterocycles. The second-order valence-corrected chi connectivity index (χ2v) is 10.5. The third kappa shape index (κ3) is 8.36. The highest BCUT2D eigenvalue weighted by atomic mass is 35.5. The van der Waals surface area contributed by atoms with Crippen molar-refractivity contribution in [2.24, 2.45) is 10.9 Å². The number of carbonyl (C=O) groups is 1. The van der Waals surface area contributed by atoms with Crippen LogP contribution in [0.1, 0.15) is 39.0 Å². The van der Waals surface area contributed by atoms with Crippen LogP contribution in [-0.2, 0) is 4.79 Å². The van der Waals surface area contributed by atoms with Crippen molar-refractivity contribution >= 4 is 40.8 Å². The zero-order chi connectivity index (χ0) is 27.7. The van der Waals surface area contributed by atoms with Crippen LogP contribution < -0.4 is 5.32 Å². The molecular weight excluding hydrogens is 533 g/mol. The molecule has 2 N–H and O–H groups in total. The standard InChI is InChI=1S/C22H28F2N4OS.C6H4ClF/c1-3-10-30-14(2)21-26-12-17(18(25)8-5-9-20(23)24)19-11-16(13-28(19)21)27-22(29)15-6-4-7-15;7-5-2-1-3-6(8)4-5/h3,5,8,10,15-16,20,25H,2,4,6-7,9,11-13H2,1H3,(H,27,29);1-4H/b8-5-,10-3-,25-18?;. The van der Waals surface area contributed by atoms with Crippen LogP contribution in [0.2, 0.25) is 5.02 Å². The number of alkyl halides is 2. The van der Waals surface area contributed by atoms with Gasteiger partial charge in [-0.15, -0.1) is 0 Å². The first-order valence-electron chi connectivity index (χ1n) is 12.5. The maximum absolute atomic E-state index is 12.4. The number of hydrogen-bond acceptors (Lipinski definition) is 5. The first-order chi connectivity index (χ1) is 18.2. The molecule has 2 aliphatic heterocycles. The topological polar surface area (TPSA) is 68.5 Å². The smallest absolute Gasteiger partial charge is 0.242 e. The molecule has 1 saturated heterocycles. The van der Waals surface area contributed by atoms with E-state index in [-0.39, 0.29) is 35.8 Å². The Balaban J connectivity index is 0.000000427. The van der Waals surface area contributed by atoms with Crippen LogP contribution >= 0.6 is 23.4 Å². The van der Waals surface area contributed by atoms with Gasteiger partial charge in [0.15, 0.2) is 0 Å². The van der Waals surface area contributed by atoms with E-state index in [1.807, 2.05) is 23.3 Å².